The van der Waals surface area contributed by atoms with Gasteiger partial charge in [0.25, 0.3) is 0 Å². The molecular formula is C54H46ClN3. The van der Waals surface area contributed by atoms with E-state index in [1.54, 1.807) is 0 Å². The molecule has 0 radical (unpaired) electrons. The summed E-state index contributed by atoms with van der Waals surface area (Å²) in [6.45, 7) is 13.6. The fourth-order valence-electron chi connectivity index (χ4n) is 8.92. The molecule has 0 fully saturated rings. The maximum absolute atomic E-state index is 6.67. The van der Waals surface area contributed by atoms with Gasteiger partial charge in [-0.2, -0.15) is 0 Å². The molecule has 0 bridgehead atoms. The molecule has 2 aromatic heterocycles. The van der Waals surface area contributed by atoms with Crippen molar-refractivity contribution in [1.29, 1.82) is 0 Å². The normalized spacial score (nSPS) is 12.4. The zero-order chi connectivity index (χ0) is 39.9. The third kappa shape index (κ3) is 5.87. The molecular weight excluding hydrogens is 726 g/mol. The molecule has 0 atom stereocenters. The summed E-state index contributed by atoms with van der Waals surface area (Å²) in [4.78, 5) is 2.40. The van der Waals surface area contributed by atoms with Gasteiger partial charge < -0.3 is 14.0 Å². The average Bonchev–Trinajstić information content (AvgIpc) is 3.73. The van der Waals surface area contributed by atoms with Crippen LogP contribution in [0.1, 0.15) is 52.7 Å². The van der Waals surface area contributed by atoms with Crippen LogP contribution in [0.4, 0.5) is 17.1 Å². The molecule has 0 N–H and O–H groups in total. The minimum Gasteiger partial charge on any atom is -0.310 e. The molecule has 0 aliphatic carbocycles. The van der Waals surface area contributed by atoms with Gasteiger partial charge in [0.1, 0.15) is 0 Å². The van der Waals surface area contributed by atoms with Crippen LogP contribution in [-0.2, 0) is 10.8 Å². The highest BCUT2D eigenvalue weighted by Gasteiger charge is 2.23. The van der Waals surface area contributed by atoms with E-state index in [0.717, 1.165) is 50.0 Å². The first kappa shape index (κ1) is 36.1. The van der Waals surface area contributed by atoms with Gasteiger partial charge in [-0.15, -0.1) is 0 Å². The molecule has 0 spiro atoms. The number of aromatic nitrogens is 2. The van der Waals surface area contributed by atoms with Crippen molar-refractivity contribution in [3.8, 4) is 11.4 Å². The van der Waals surface area contributed by atoms with Crippen molar-refractivity contribution in [3.05, 3.63) is 186 Å². The first-order valence-corrected chi connectivity index (χ1v) is 20.6. The summed E-state index contributed by atoms with van der Waals surface area (Å²) in [7, 11) is 0. The molecule has 0 aliphatic rings. The van der Waals surface area contributed by atoms with Crippen LogP contribution >= 0.6 is 11.6 Å². The molecule has 10 rings (SSSR count). The lowest BCUT2D eigenvalue weighted by Gasteiger charge is -2.28. The van der Waals surface area contributed by atoms with Crippen LogP contribution < -0.4 is 4.90 Å². The maximum Gasteiger partial charge on any atom is 0.0562 e. The Balaban J connectivity index is 1.25. The second-order valence-corrected chi connectivity index (χ2v) is 18.1. The fraction of sp³-hybridized carbons (Fsp3) is 0.148. The number of benzene rings is 8. The van der Waals surface area contributed by atoms with E-state index >= 15 is 0 Å². The quantitative estimate of drug-likeness (QED) is 0.170. The Hall–Kier alpha value is -6.29. The Labute approximate surface area is 345 Å². The van der Waals surface area contributed by atoms with Crippen LogP contribution in [0.2, 0.25) is 5.02 Å². The number of fused-ring (bicyclic) bond motifs is 9. The molecule has 3 nitrogen and oxygen atoms in total. The second-order valence-electron chi connectivity index (χ2n) is 17.6. The molecule has 0 aliphatic heterocycles. The van der Waals surface area contributed by atoms with E-state index in [0.29, 0.717) is 0 Å². The van der Waals surface area contributed by atoms with Gasteiger partial charge in [0.05, 0.1) is 22.1 Å². The van der Waals surface area contributed by atoms with E-state index in [4.69, 9.17) is 11.6 Å². The number of nitrogens with zero attached hydrogens (tertiary/aromatic N) is 3. The number of halogens is 1. The van der Waals surface area contributed by atoms with Gasteiger partial charge in [0.2, 0.25) is 0 Å². The van der Waals surface area contributed by atoms with Crippen molar-refractivity contribution in [2.45, 2.75) is 52.4 Å². The summed E-state index contributed by atoms with van der Waals surface area (Å²) in [5, 5.41) is 8.06. The SMILES string of the molecule is CC(C)(C)c1ccc(N(c2ccc(C(C)(C)C)cc2)c2ccc3c4c5ccc6c(c5ccc4n(-c4ccccc4)c3c2)c2ccc(Cl)cc2n6-c2ccccc2)cc1. The lowest BCUT2D eigenvalue weighted by Crippen LogP contribution is -2.14. The Bertz CT molecular complexity index is 3100. The van der Waals surface area contributed by atoms with Crippen molar-refractivity contribution < 1.29 is 0 Å². The number of hydrogen-bond donors (Lipinski definition) is 0. The third-order valence-electron chi connectivity index (χ3n) is 11.9. The third-order valence-corrected chi connectivity index (χ3v) is 12.1. The number of rotatable bonds is 5. The van der Waals surface area contributed by atoms with Gasteiger partial charge in [-0.3, -0.25) is 0 Å². The van der Waals surface area contributed by atoms with Crippen LogP contribution in [0, 0.1) is 0 Å². The summed E-state index contributed by atoms with van der Waals surface area (Å²) in [5.74, 6) is 0. The zero-order valence-corrected chi connectivity index (χ0v) is 34.6. The summed E-state index contributed by atoms with van der Waals surface area (Å²) < 4.78 is 4.78. The van der Waals surface area contributed by atoms with E-state index in [1.165, 1.54) is 49.0 Å². The summed E-state index contributed by atoms with van der Waals surface area (Å²) in [5.41, 5.74) is 13.0. The summed E-state index contributed by atoms with van der Waals surface area (Å²) in [6.07, 6.45) is 0. The predicted octanol–water partition coefficient (Wildman–Crippen LogP) is 15.8. The van der Waals surface area contributed by atoms with Crippen molar-refractivity contribution in [2.24, 2.45) is 0 Å². The van der Waals surface area contributed by atoms with Crippen molar-refractivity contribution >= 4 is 83.0 Å². The molecule has 10 aromatic rings. The second kappa shape index (κ2) is 13.4. The van der Waals surface area contributed by atoms with Crippen molar-refractivity contribution in [3.63, 3.8) is 0 Å². The monoisotopic (exact) mass is 771 g/mol. The van der Waals surface area contributed by atoms with Crippen LogP contribution in [-0.4, -0.2) is 9.13 Å². The Morgan fingerprint density at radius 1 is 0.379 bits per heavy atom. The van der Waals surface area contributed by atoms with Gasteiger partial charge in [0, 0.05) is 55.0 Å². The molecule has 0 unspecified atom stereocenters. The summed E-state index contributed by atoms with van der Waals surface area (Å²) in [6, 6.07) is 62.1. The van der Waals surface area contributed by atoms with Crippen LogP contribution in [0.3, 0.4) is 0 Å². The van der Waals surface area contributed by atoms with E-state index in [2.05, 4.69) is 219 Å². The molecule has 4 heteroatoms. The van der Waals surface area contributed by atoms with E-state index < -0.39 is 0 Å². The van der Waals surface area contributed by atoms with E-state index in [-0.39, 0.29) is 10.8 Å². The predicted molar refractivity (Wildman–Crippen MR) is 250 cm³/mol. The number of anilines is 3. The van der Waals surface area contributed by atoms with E-state index in [1.807, 2.05) is 6.07 Å². The maximum atomic E-state index is 6.67. The number of para-hydroxylation sites is 2. The average molecular weight is 772 g/mol. The van der Waals surface area contributed by atoms with Gasteiger partial charge >= 0.3 is 0 Å². The van der Waals surface area contributed by atoms with Crippen LogP contribution in [0.25, 0.3) is 65.8 Å². The highest BCUT2D eigenvalue weighted by Crippen LogP contribution is 2.45. The largest absolute Gasteiger partial charge is 0.310 e. The Morgan fingerprint density at radius 2 is 0.776 bits per heavy atom. The minimum atomic E-state index is 0.0606. The minimum absolute atomic E-state index is 0.0606. The van der Waals surface area contributed by atoms with Crippen LogP contribution in [0.5, 0.6) is 0 Å². The molecule has 284 valence electrons. The zero-order valence-electron chi connectivity index (χ0n) is 33.9. The van der Waals surface area contributed by atoms with Gasteiger partial charge in [-0.05, 0) is 118 Å². The van der Waals surface area contributed by atoms with Crippen molar-refractivity contribution in [2.75, 3.05) is 4.90 Å². The molecule has 0 amide bonds. The number of hydrogen-bond acceptors (Lipinski definition) is 1. The fourth-order valence-corrected chi connectivity index (χ4v) is 9.08. The topological polar surface area (TPSA) is 13.1 Å². The molecule has 58 heavy (non-hydrogen) atoms. The lowest BCUT2D eigenvalue weighted by molar-refractivity contribution is 0.590. The van der Waals surface area contributed by atoms with Gasteiger partial charge in [-0.25, -0.2) is 0 Å². The molecule has 0 saturated heterocycles. The standard InChI is InChI=1S/C54H46ClN3/c1-53(2,3)35-17-22-40(23-18-35)56(41-24-19-36(20-25-41)54(4,5)6)42-26-28-46-50(34-42)58(39-15-11-8-12-16-39)48-32-30-43-44(52(46)48)29-31-47-51(43)45-27-21-37(55)33-49(45)57(47)38-13-9-7-10-14-38/h7-34H,1-6H3. The highest BCUT2D eigenvalue weighted by molar-refractivity contribution is 6.33. The summed E-state index contributed by atoms with van der Waals surface area (Å²) >= 11 is 6.67. The van der Waals surface area contributed by atoms with Crippen LogP contribution in [0.15, 0.2) is 170 Å². The van der Waals surface area contributed by atoms with Crippen molar-refractivity contribution in [1.82, 2.24) is 9.13 Å². The molecule has 0 saturated carbocycles. The lowest BCUT2D eigenvalue weighted by atomic mass is 9.86. The molecule has 8 aromatic carbocycles. The van der Waals surface area contributed by atoms with Gasteiger partial charge in [0.15, 0.2) is 0 Å². The van der Waals surface area contributed by atoms with E-state index in [9.17, 15) is 0 Å². The Kier molecular flexibility index (Phi) is 8.33. The smallest absolute Gasteiger partial charge is 0.0562 e. The first-order valence-electron chi connectivity index (χ1n) is 20.2. The highest BCUT2D eigenvalue weighted by atomic mass is 35.5. The molecule has 2 heterocycles. The first-order chi connectivity index (χ1) is 28.0. The van der Waals surface area contributed by atoms with Gasteiger partial charge in [-0.1, -0.05) is 138 Å². The Morgan fingerprint density at radius 3 is 1.22 bits per heavy atom.